The lowest BCUT2D eigenvalue weighted by Crippen LogP contribution is -2.30. The molecule has 0 amide bonds. The minimum Gasteiger partial charge on any atom is -0.384 e. The van der Waals surface area contributed by atoms with E-state index in [1.807, 2.05) is 6.92 Å². The molecule has 2 rings (SSSR count). The van der Waals surface area contributed by atoms with Gasteiger partial charge in [-0.25, -0.2) is 8.42 Å². The average Bonchev–Trinajstić information content (AvgIpc) is 2.78. The second-order valence-electron chi connectivity index (χ2n) is 6.19. The van der Waals surface area contributed by atoms with Crippen LogP contribution < -0.4 is 0 Å². The van der Waals surface area contributed by atoms with Crippen molar-refractivity contribution < 1.29 is 13.5 Å². The van der Waals surface area contributed by atoms with Gasteiger partial charge < -0.3 is 5.11 Å². The van der Waals surface area contributed by atoms with E-state index in [0.717, 1.165) is 17.5 Å². The Morgan fingerprint density at radius 2 is 2.10 bits per heavy atom. The highest BCUT2D eigenvalue weighted by atomic mass is 32.2. The van der Waals surface area contributed by atoms with Crippen molar-refractivity contribution in [2.75, 3.05) is 19.7 Å². The van der Waals surface area contributed by atoms with Crippen molar-refractivity contribution in [2.45, 2.75) is 32.1 Å². The van der Waals surface area contributed by atoms with Gasteiger partial charge in [0.05, 0.1) is 4.90 Å². The summed E-state index contributed by atoms with van der Waals surface area (Å²) in [5.74, 6) is 5.39. The summed E-state index contributed by atoms with van der Waals surface area (Å²) in [6.45, 7) is 6.92. The van der Waals surface area contributed by atoms with Crippen molar-refractivity contribution in [3.63, 3.8) is 0 Å². The second-order valence-corrected chi connectivity index (χ2v) is 8.13. The molecule has 1 aromatic carbocycles. The molecule has 0 spiro atoms. The number of hydrogen-bond acceptors (Lipinski definition) is 3. The van der Waals surface area contributed by atoms with Gasteiger partial charge in [0, 0.05) is 18.7 Å². The number of benzene rings is 1. The van der Waals surface area contributed by atoms with Gasteiger partial charge in [0.15, 0.2) is 0 Å². The normalized spacial score (nSPS) is 18.3. The molecule has 0 aliphatic carbocycles. The first-order valence-corrected chi connectivity index (χ1v) is 8.41. The number of rotatable bonds is 2. The predicted molar refractivity (Wildman–Crippen MR) is 82.3 cm³/mol. The lowest BCUT2D eigenvalue weighted by atomic mass is 9.93. The first-order chi connectivity index (χ1) is 9.76. The Kier molecular flexibility index (Phi) is 4.43. The molecule has 1 N–H and O–H groups in total. The smallest absolute Gasteiger partial charge is 0.243 e. The van der Waals surface area contributed by atoms with Crippen LogP contribution in [0, 0.1) is 24.2 Å². The highest BCUT2D eigenvalue weighted by molar-refractivity contribution is 7.89. The Bertz CT molecular complexity index is 696. The monoisotopic (exact) mass is 307 g/mol. The minimum absolute atomic E-state index is 0.0364. The van der Waals surface area contributed by atoms with E-state index < -0.39 is 10.0 Å². The van der Waals surface area contributed by atoms with Crippen molar-refractivity contribution in [3.8, 4) is 11.8 Å². The van der Waals surface area contributed by atoms with E-state index in [2.05, 4.69) is 25.7 Å². The summed E-state index contributed by atoms with van der Waals surface area (Å²) in [4.78, 5) is 0.312. The Hall–Kier alpha value is -1.35. The number of aliphatic hydroxyl groups is 1. The van der Waals surface area contributed by atoms with Gasteiger partial charge in [-0.1, -0.05) is 25.7 Å². The van der Waals surface area contributed by atoms with Crippen LogP contribution in [0.3, 0.4) is 0 Å². The predicted octanol–water partition coefficient (Wildman–Crippen LogP) is 1.76. The van der Waals surface area contributed by atoms with Crippen LogP contribution in [-0.4, -0.2) is 37.5 Å². The summed E-state index contributed by atoms with van der Waals surface area (Å²) < 4.78 is 26.9. The summed E-state index contributed by atoms with van der Waals surface area (Å²) >= 11 is 0. The third kappa shape index (κ3) is 3.46. The number of aryl methyl sites for hydroxylation is 1. The van der Waals surface area contributed by atoms with Crippen LogP contribution in [-0.2, 0) is 10.0 Å². The maximum Gasteiger partial charge on any atom is 0.243 e. The summed E-state index contributed by atoms with van der Waals surface area (Å²) in [7, 11) is -3.43. The molecule has 1 aliphatic heterocycles. The molecule has 1 fully saturated rings. The quantitative estimate of drug-likeness (QED) is 0.847. The van der Waals surface area contributed by atoms with Gasteiger partial charge in [-0.3, -0.25) is 0 Å². The largest absolute Gasteiger partial charge is 0.384 e. The van der Waals surface area contributed by atoms with Crippen molar-refractivity contribution in [2.24, 2.45) is 5.41 Å². The molecular weight excluding hydrogens is 286 g/mol. The first kappa shape index (κ1) is 16.0. The maximum atomic E-state index is 12.6. The highest BCUT2D eigenvalue weighted by Crippen LogP contribution is 2.33. The summed E-state index contributed by atoms with van der Waals surface area (Å²) in [6, 6.07) is 4.95. The number of hydrogen-bond donors (Lipinski definition) is 1. The Morgan fingerprint density at radius 1 is 1.38 bits per heavy atom. The maximum absolute atomic E-state index is 12.6. The van der Waals surface area contributed by atoms with Crippen molar-refractivity contribution in [3.05, 3.63) is 29.3 Å². The topological polar surface area (TPSA) is 57.6 Å². The molecule has 1 aliphatic rings. The minimum atomic E-state index is -3.43. The fraction of sp³-hybridized carbons (Fsp3) is 0.500. The van der Waals surface area contributed by atoms with Crippen LogP contribution in [0.5, 0.6) is 0 Å². The van der Waals surface area contributed by atoms with E-state index in [4.69, 9.17) is 5.11 Å². The molecule has 0 aromatic heterocycles. The zero-order valence-corrected chi connectivity index (χ0v) is 13.5. The molecule has 1 aromatic rings. The molecule has 1 heterocycles. The van der Waals surface area contributed by atoms with Gasteiger partial charge in [-0.15, -0.1) is 0 Å². The SMILES string of the molecule is Cc1cc(S(=O)(=O)N2CCC(C)(C)C2)ccc1C#CCO. The van der Waals surface area contributed by atoms with Gasteiger partial charge in [0.1, 0.15) is 6.61 Å². The van der Waals surface area contributed by atoms with E-state index in [-0.39, 0.29) is 12.0 Å². The molecule has 114 valence electrons. The summed E-state index contributed by atoms with van der Waals surface area (Å²) in [5.41, 5.74) is 1.58. The van der Waals surface area contributed by atoms with Crippen LogP contribution in [0.4, 0.5) is 0 Å². The van der Waals surface area contributed by atoms with Gasteiger partial charge in [0.25, 0.3) is 0 Å². The van der Waals surface area contributed by atoms with Crippen LogP contribution in [0.25, 0.3) is 0 Å². The zero-order valence-electron chi connectivity index (χ0n) is 12.7. The first-order valence-electron chi connectivity index (χ1n) is 6.97. The Labute approximate surface area is 126 Å². The van der Waals surface area contributed by atoms with Crippen LogP contribution in [0.2, 0.25) is 0 Å². The van der Waals surface area contributed by atoms with E-state index in [1.165, 1.54) is 0 Å². The highest BCUT2D eigenvalue weighted by Gasteiger charge is 2.36. The number of nitrogens with zero attached hydrogens (tertiary/aromatic N) is 1. The van der Waals surface area contributed by atoms with Gasteiger partial charge >= 0.3 is 0 Å². The zero-order chi connectivity index (χ0) is 15.7. The van der Waals surface area contributed by atoms with E-state index >= 15 is 0 Å². The summed E-state index contributed by atoms with van der Waals surface area (Å²) in [5, 5.41) is 8.72. The van der Waals surface area contributed by atoms with E-state index in [9.17, 15) is 8.42 Å². The van der Waals surface area contributed by atoms with Crippen molar-refractivity contribution >= 4 is 10.0 Å². The molecule has 0 atom stereocenters. The lowest BCUT2D eigenvalue weighted by molar-refractivity contribution is 0.350. The standard InChI is InChI=1S/C16H21NO3S/c1-13-11-15(7-6-14(13)5-4-10-18)21(19,20)17-9-8-16(2,3)12-17/h6-7,11,18H,8-10,12H2,1-3H3. The molecule has 0 radical (unpaired) electrons. The van der Waals surface area contributed by atoms with Crippen LogP contribution in [0.15, 0.2) is 23.1 Å². The molecule has 5 heteroatoms. The van der Waals surface area contributed by atoms with E-state index in [1.54, 1.807) is 22.5 Å². The fourth-order valence-corrected chi connectivity index (χ4v) is 4.20. The van der Waals surface area contributed by atoms with Crippen LogP contribution >= 0.6 is 0 Å². The average molecular weight is 307 g/mol. The summed E-state index contributed by atoms with van der Waals surface area (Å²) in [6.07, 6.45) is 0.880. The number of sulfonamides is 1. The molecule has 0 saturated carbocycles. The van der Waals surface area contributed by atoms with Gasteiger partial charge in [-0.2, -0.15) is 4.31 Å². The third-order valence-corrected chi connectivity index (χ3v) is 5.62. The molecular formula is C16H21NO3S. The molecule has 1 saturated heterocycles. The molecule has 4 nitrogen and oxygen atoms in total. The molecule has 0 unspecified atom stereocenters. The van der Waals surface area contributed by atoms with Crippen molar-refractivity contribution in [1.82, 2.24) is 4.31 Å². The van der Waals surface area contributed by atoms with Gasteiger partial charge in [0.2, 0.25) is 10.0 Å². The second kappa shape index (κ2) is 5.80. The van der Waals surface area contributed by atoms with E-state index in [0.29, 0.717) is 18.0 Å². The van der Waals surface area contributed by atoms with Gasteiger partial charge in [-0.05, 0) is 42.5 Å². The molecule has 21 heavy (non-hydrogen) atoms. The van der Waals surface area contributed by atoms with Crippen LogP contribution in [0.1, 0.15) is 31.4 Å². The third-order valence-electron chi connectivity index (χ3n) is 3.78. The number of aliphatic hydroxyl groups excluding tert-OH is 1. The van der Waals surface area contributed by atoms with Crippen molar-refractivity contribution in [1.29, 1.82) is 0 Å². The lowest BCUT2D eigenvalue weighted by Gasteiger charge is -2.20. The fourth-order valence-electron chi connectivity index (χ4n) is 2.49. The molecule has 0 bridgehead atoms. The Balaban J connectivity index is 2.32. The Morgan fingerprint density at radius 3 is 2.62 bits per heavy atom.